The number of nitro groups is 2. The molecular formula is C21H24N4O5. The van der Waals surface area contributed by atoms with Crippen molar-refractivity contribution in [3.8, 4) is 0 Å². The molecule has 3 rings (SSSR count). The zero-order valence-corrected chi connectivity index (χ0v) is 16.8. The fourth-order valence-corrected chi connectivity index (χ4v) is 3.81. The van der Waals surface area contributed by atoms with Gasteiger partial charge in [-0.25, -0.2) is 0 Å². The maximum absolute atomic E-state index is 13.0. The second-order valence-electron chi connectivity index (χ2n) is 7.44. The molecule has 1 aliphatic heterocycles. The van der Waals surface area contributed by atoms with Crippen molar-refractivity contribution in [2.24, 2.45) is 0 Å². The number of rotatable bonds is 8. The zero-order chi connectivity index (χ0) is 21.7. The Morgan fingerprint density at radius 3 is 2.43 bits per heavy atom. The Bertz CT molecular complexity index is 942. The van der Waals surface area contributed by atoms with Crippen LogP contribution in [0.3, 0.4) is 0 Å². The van der Waals surface area contributed by atoms with Gasteiger partial charge in [-0.15, -0.1) is 0 Å². The van der Waals surface area contributed by atoms with Crippen molar-refractivity contribution in [3.63, 3.8) is 0 Å². The Hall–Kier alpha value is -3.33. The average molecular weight is 412 g/mol. The number of nitrogens with zero attached hydrogens (tertiary/aromatic N) is 4. The summed E-state index contributed by atoms with van der Waals surface area (Å²) in [6.45, 7) is 2.38. The Morgan fingerprint density at radius 1 is 1.07 bits per heavy atom. The van der Waals surface area contributed by atoms with Crippen LogP contribution in [-0.2, 0) is 11.2 Å². The lowest BCUT2D eigenvalue weighted by Gasteiger charge is -2.32. The van der Waals surface area contributed by atoms with E-state index in [0.717, 1.165) is 25.9 Å². The summed E-state index contributed by atoms with van der Waals surface area (Å²) in [5.41, 5.74) is 0.900. The summed E-state index contributed by atoms with van der Waals surface area (Å²) in [6.07, 6.45) is 2.05. The minimum Gasteiger partial charge on any atom is -0.337 e. The van der Waals surface area contributed by atoms with Crippen LogP contribution in [0.4, 0.5) is 11.4 Å². The Labute approximate surface area is 174 Å². The van der Waals surface area contributed by atoms with Gasteiger partial charge in [0.2, 0.25) is 5.91 Å². The molecule has 1 fully saturated rings. The monoisotopic (exact) mass is 412 g/mol. The zero-order valence-electron chi connectivity index (χ0n) is 16.8. The molecule has 0 N–H and O–H groups in total. The number of non-ortho nitro benzene ring substituents is 1. The number of hydrogen-bond acceptors (Lipinski definition) is 6. The molecule has 1 aliphatic rings. The predicted molar refractivity (Wildman–Crippen MR) is 111 cm³/mol. The number of para-hydroxylation sites is 1. The molecule has 0 unspecified atom stereocenters. The van der Waals surface area contributed by atoms with Gasteiger partial charge in [0.15, 0.2) is 0 Å². The Balaban J connectivity index is 1.87. The van der Waals surface area contributed by atoms with Gasteiger partial charge in [-0.3, -0.25) is 25.0 Å². The molecule has 0 aliphatic carbocycles. The minimum absolute atomic E-state index is 0.0292. The van der Waals surface area contributed by atoms with Gasteiger partial charge in [-0.2, -0.15) is 0 Å². The van der Waals surface area contributed by atoms with Gasteiger partial charge < -0.3 is 9.80 Å². The van der Waals surface area contributed by atoms with Crippen LogP contribution in [0, 0.1) is 20.2 Å². The standard InChI is InChI=1S/C21H24N4O5/c1-22(21(26)14-17-7-2-3-10-19(17)25(29)30)20(15-23-11-4-5-12-23)16-8-6-9-18(13-16)24(27)28/h2-3,6-10,13,20H,4-5,11-12,14-15H2,1H3/t20-/m1/s1. The van der Waals surface area contributed by atoms with Crippen LogP contribution < -0.4 is 0 Å². The molecule has 9 heteroatoms. The van der Waals surface area contributed by atoms with Crippen LogP contribution in [0.2, 0.25) is 0 Å². The SMILES string of the molecule is CN(C(=O)Cc1ccccc1[N+](=O)[O-])[C@H](CN1CCCC1)c1cccc([N+](=O)[O-])c1. The van der Waals surface area contributed by atoms with Gasteiger partial charge in [0.1, 0.15) is 0 Å². The largest absolute Gasteiger partial charge is 0.337 e. The number of benzene rings is 2. The van der Waals surface area contributed by atoms with Crippen LogP contribution in [-0.4, -0.2) is 52.2 Å². The Morgan fingerprint density at radius 2 is 1.77 bits per heavy atom. The summed E-state index contributed by atoms with van der Waals surface area (Å²) >= 11 is 0. The topological polar surface area (TPSA) is 110 Å². The van der Waals surface area contributed by atoms with Crippen molar-refractivity contribution < 1.29 is 14.6 Å². The van der Waals surface area contributed by atoms with E-state index in [-0.39, 0.29) is 23.7 Å². The molecule has 1 atom stereocenters. The normalized spacial score (nSPS) is 15.0. The van der Waals surface area contributed by atoms with Gasteiger partial charge in [-0.1, -0.05) is 30.3 Å². The number of nitro benzene ring substituents is 2. The van der Waals surface area contributed by atoms with E-state index in [1.54, 1.807) is 42.3 Å². The van der Waals surface area contributed by atoms with Crippen molar-refractivity contribution in [1.29, 1.82) is 0 Å². The van der Waals surface area contributed by atoms with Gasteiger partial charge in [0.25, 0.3) is 11.4 Å². The molecule has 0 saturated carbocycles. The van der Waals surface area contributed by atoms with E-state index in [4.69, 9.17) is 0 Å². The maximum Gasteiger partial charge on any atom is 0.273 e. The van der Waals surface area contributed by atoms with Crippen molar-refractivity contribution in [1.82, 2.24) is 9.80 Å². The van der Waals surface area contributed by atoms with E-state index in [9.17, 15) is 25.0 Å². The molecule has 30 heavy (non-hydrogen) atoms. The molecule has 1 heterocycles. The highest BCUT2D eigenvalue weighted by Crippen LogP contribution is 2.27. The van der Waals surface area contributed by atoms with Gasteiger partial charge in [0.05, 0.1) is 22.3 Å². The number of likely N-dealkylation sites (tertiary alicyclic amines) is 1. The van der Waals surface area contributed by atoms with E-state index < -0.39 is 15.9 Å². The molecule has 0 spiro atoms. The van der Waals surface area contributed by atoms with E-state index in [1.165, 1.54) is 18.2 Å². The lowest BCUT2D eigenvalue weighted by Crippen LogP contribution is -2.39. The molecule has 1 saturated heterocycles. The third-order valence-corrected chi connectivity index (χ3v) is 5.49. The van der Waals surface area contributed by atoms with Crippen molar-refractivity contribution in [2.45, 2.75) is 25.3 Å². The number of carbonyl (C=O) groups is 1. The van der Waals surface area contributed by atoms with Gasteiger partial charge >= 0.3 is 0 Å². The third-order valence-electron chi connectivity index (χ3n) is 5.49. The second kappa shape index (κ2) is 9.45. The van der Waals surface area contributed by atoms with Gasteiger partial charge in [0, 0.05) is 37.4 Å². The molecule has 2 aromatic carbocycles. The first-order valence-corrected chi connectivity index (χ1v) is 9.81. The molecule has 158 valence electrons. The molecule has 0 radical (unpaired) electrons. The summed E-state index contributed by atoms with van der Waals surface area (Å²) in [5, 5.41) is 22.5. The highest BCUT2D eigenvalue weighted by Gasteiger charge is 2.28. The summed E-state index contributed by atoms with van der Waals surface area (Å²) in [4.78, 5) is 38.4. The van der Waals surface area contributed by atoms with E-state index in [2.05, 4.69) is 4.90 Å². The lowest BCUT2D eigenvalue weighted by atomic mass is 10.0. The number of hydrogen-bond donors (Lipinski definition) is 0. The predicted octanol–water partition coefficient (Wildman–Crippen LogP) is 3.34. The van der Waals surface area contributed by atoms with E-state index in [0.29, 0.717) is 17.7 Å². The van der Waals surface area contributed by atoms with Gasteiger partial charge in [-0.05, 0) is 31.5 Å². The van der Waals surface area contributed by atoms with Crippen LogP contribution in [0.25, 0.3) is 0 Å². The highest BCUT2D eigenvalue weighted by molar-refractivity contribution is 5.80. The quantitative estimate of drug-likeness (QED) is 0.486. The molecular weight excluding hydrogens is 388 g/mol. The number of amides is 1. The Kier molecular flexibility index (Phi) is 6.73. The van der Waals surface area contributed by atoms with Crippen LogP contribution >= 0.6 is 0 Å². The highest BCUT2D eigenvalue weighted by atomic mass is 16.6. The summed E-state index contributed by atoms with van der Waals surface area (Å²) in [5.74, 6) is -0.278. The molecule has 2 aromatic rings. The molecule has 9 nitrogen and oxygen atoms in total. The summed E-state index contributed by atoms with van der Waals surface area (Å²) in [6, 6.07) is 12.1. The van der Waals surface area contributed by atoms with Crippen molar-refractivity contribution >= 4 is 17.3 Å². The third kappa shape index (κ3) is 4.98. The first-order valence-electron chi connectivity index (χ1n) is 9.81. The van der Waals surface area contributed by atoms with E-state index in [1.807, 2.05) is 0 Å². The van der Waals surface area contributed by atoms with Crippen LogP contribution in [0.5, 0.6) is 0 Å². The lowest BCUT2D eigenvalue weighted by molar-refractivity contribution is -0.385. The molecule has 0 bridgehead atoms. The maximum atomic E-state index is 13.0. The summed E-state index contributed by atoms with van der Waals surface area (Å²) in [7, 11) is 1.65. The smallest absolute Gasteiger partial charge is 0.273 e. The fourth-order valence-electron chi connectivity index (χ4n) is 3.81. The van der Waals surface area contributed by atoms with Crippen molar-refractivity contribution in [3.05, 3.63) is 79.9 Å². The van der Waals surface area contributed by atoms with E-state index >= 15 is 0 Å². The molecule has 0 aromatic heterocycles. The van der Waals surface area contributed by atoms with Crippen LogP contribution in [0.1, 0.15) is 30.0 Å². The first kappa shape index (κ1) is 21.4. The number of carbonyl (C=O) groups excluding carboxylic acids is 1. The average Bonchev–Trinajstić information content (AvgIpc) is 3.25. The molecule has 1 amide bonds. The number of likely N-dealkylation sites (N-methyl/N-ethyl adjacent to an activating group) is 1. The second-order valence-corrected chi connectivity index (χ2v) is 7.44. The fraction of sp³-hybridized carbons (Fsp3) is 0.381. The first-order chi connectivity index (χ1) is 14.4. The minimum atomic E-state index is -0.495. The summed E-state index contributed by atoms with van der Waals surface area (Å²) < 4.78 is 0. The van der Waals surface area contributed by atoms with Crippen molar-refractivity contribution in [2.75, 3.05) is 26.7 Å². The van der Waals surface area contributed by atoms with Crippen LogP contribution in [0.15, 0.2) is 48.5 Å².